The third-order valence-electron chi connectivity index (χ3n) is 6.26. The summed E-state index contributed by atoms with van der Waals surface area (Å²) in [5, 5.41) is 36.4. The summed E-state index contributed by atoms with van der Waals surface area (Å²) < 4.78 is 1.90. The van der Waals surface area contributed by atoms with Crippen LogP contribution in [0.15, 0.2) is 12.4 Å². The molecule has 0 fully saturated rings. The van der Waals surface area contributed by atoms with Gasteiger partial charge in [0.1, 0.15) is 30.7 Å². The molecule has 0 aromatic carbocycles. The molecule has 0 aliphatic carbocycles. The summed E-state index contributed by atoms with van der Waals surface area (Å²) in [6.45, 7) is 0.534. The van der Waals surface area contributed by atoms with Crippen LogP contribution in [-0.4, -0.2) is 68.5 Å². The molecule has 13 heteroatoms. The van der Waals surface area contributed by atoms with Crippen LogP contribution in [0.25, 0.3) is 0 Å². The Morgan fingerprint density at radius 1 is 0.595 bits per heavy atom. The molecular weight excluding hydrogens is 486 g/mol. The number of hydrogen-bond acceptors (Lipinski definition) is 8. The van der Waals surface area contributed by atoms with E-state index < -0.39 is 48.0 Å². The molecule has 4 atom stereocenters. The van der Waals surface area contributed by atoms with Crippen molar-refractivity contribution in [3.63, 3.8) is 0 Å². The highest BCUT2D eigenvalue weighted by Crippen LogP contribution is 2.21. The number of aromatic nitrogens is 1. The van der Waals surface area contributed by atoms with Crippen molar-refractivity contribution in [2.75, 3.05) is 0 Å². The van der Waals surface area contributed by atoms with Crippen molar-refractivity contribution in [1.82, 2.24) is 0 Å². The van der Waals surface area contributed by atoms with E-state index >= 15 is 0 Å². The molecule has 12 N–H and O–H groups in total. The maximum atomic E-state index is 11.2. The number of unbranched alkanes of at least 4 members (excludes halogenated alkanes) is 1. The lowest BCUT2D eigenvalue weighted by Gasteiger charge is -2.16. The van der Waals surface area contributed by atoms with Crippen molar-refractivity contribution < 1.29 is 44.2 Å². The van der Waals surface area contributed by atoms with Crippen LogP contribution in [0.4, 0.5) is 0 Å². The highest BCUT2D eigenvalue weighted by molar-refractivity contribution is 5.74. The molecule has 13 nitrogen and oxygen atoms in total. The number of aliphatic carboxylic acids is 4. The summed E-state index contributed by atoms with van der Waals surface area (Å²) in [7, 11) is 0. The van der Waals surface area contributed by atoms with Crippen LogP contribution in [0.1, 0.15) is 61.6 Å². The first-order valence-corrected chi connectivity index (χ1v) is 12.3. The van der Waals surface area contributed by atoms with Crippen molar-refractivity contribution in [2.45, 2.75) is 94.9 Å². The van der Waals surface area contributed by atoms with Crippen molar-refractivity contribution in [3.05, 3.63) is 29.1 Å². The molecule has 0 aliphatic heterocycles. The topological polar surface area (TPSA) is 257 Å². The van der Waals surface area contributed by atoms with Gasteiger partial charge >= 0.3 is 23.9 Å². The highest BCUT2D eigenvalue weighted by Gasteiger charge is 2.22. The fourth-order valence-electron chi connectivity index (χ4n) is 3.95. The average molecular weight is 527 g/mol. The zero-order chi connectivity index (χ0) is 28.1. The van der Waals surface area contributed by atoms with Gasteiger partial charge in [-0.15, -0.1) is 0 Å². The standard InChI is InChI=1S/C24H39N5O8/c25-17(21(30)31)5-1-2-11-29-12-14(7-9-19(27)23(34)35)16(4-3-6-18(26)22(32)33)15(13-29)8-10-20(28)24(36)37/h12-13,17-20H,1-11,25-28H2,(H3-,30,31,32,33,34,35,36,37)/p+1/t17-,18-,19-,20?/m0/s1. The average Bonchev–Trinajstić information content (AvgIpc) is 2.83. The second-order valence-corrected chi connectivity index (χ2v) is 9.27. The van der Waals surface area contributed by atoms with E-state index in [0.717, 1.165) is 16.7 Å². The smallest absolute Gasteiger partial charge is 0.320 e. The zero-order valence-corrected chi connectivity index (χ0v) is 20.9. The lowest BCUT2D eigenvalue weighted by molar-refractivity contribution is -0.698. The number of carbonyl (C=O) groups is 4. The minimum Gasteiger partial charge on any atom is -0.480 e. The molecule has 0 amide bonds. The van der Waals surface area contributed by atoms with Gasteiger partial charge in [-0.1, -0.05) is 0 Å². The van der Waals surface area contributed by atoms with Gasteiger partial charge in [-0.3, -0.25) is 19.2 Å². The summed E-state index contributed by atoms with van der Waals surface area (Å²) >= 11 is 0. The van der Waals surface area contributed by atoms with Gasteiger partial charge in [0.15, 0.2) is 12.4 Å². The maximum absolute atomic E-state index is 11.2. The number of aryl methyl sites for hydroxylation is 3. The number of nitrogens with zero attached hydrogens (tertiary/aromatic N) is 1. The third-order valence-corrected chi connectivity index (χ3v) is 6.26. The largest absolute Gasteiger partial charge is 0.480 e. The summed E-state index contributed by atoms with van der Waals surface area (Å²) in [6, 6.07) is -4.09. The molecule has 1 aromatic heterocycles. The minimum atomic E-state index is -1.12. The van der Waals surface area contributed by atoms with E-state index in [1.54, 1.807) is 0 Å². The molecule has 1 heterocycles. The van der Waals surface area contributed by atoms with E-state index in [1.165, 1.54) is 0 Å². The molecule has 0 bridgehead atoms. The SMILES string of the molecule is NC(CCc1c[n+](CCCC[C@H](N)C(=O)O)cc(CC[C@H](N)C(=O)O)c1CCC[C@H](N)C(=O)O)C(=O)O. The Morgan fingerprint density at radius 3 is 1.38 bits per heavy atom. The van der Waals surface area contributed by atoms with Gasteiger partial charge in [0.2, 0.25) is 0 Å². The van der Waals surface area contributed by atoms with Crippen LogP contribution in [0.5, 0.6) is 0 Å². The molecular formula is C24H40N5O8+. The van der Waals surface area contributed by atoms with Gasteiger partial charge < -0.3 is 43.4 Å². The molecule has 208 valence electrons. The molecule has 0 saturated carbocycles. The molecule has 1 unspecified atom stereocenters. The Hall–Kier alpha value is -3.13. The molecule has 0 aliphatic rings. The molecule has 1 rings (SSSR count). The first kappa shape index (κ1) is 31.9. The van der Waals surface area contributed by atoms with E-state index in [0.29, 0.717) is 51.5 Å². The number of nitrogens with two attached hydrogens (primary N) is 4. The Labute approximate surface area is 215 Å². The number of carboxylic acid groups (broad SMARTS) is 4. The second-order valence-electron chi connectivity index (χ2n) is 9.27. The molecule has 37 heavy (non-hydrogen) atoms. The molecule has 0 radical (unpaired) electrons. The van der Waals surface area contributed by atoms with Crippen molar-refractivity contribution in [3.8, 4) is 0 Å². The summed E-state index contributed by atoms with van der Waals surface area (Å²) in [6.07, 6.45) is 7.46. The van der Waals surface area contributed by atoms with Crippen LogP contribution in [0.3, 0.4) is 0 Å². The van der Waals surface area contributed by atoms with Crippen LogP contribution in [0, 0.1) is 0 Å². The monoisotopic (exact) mass is 526 g/mol. The van der Waals surface area contributed by atoms with Crippen molar-refractivity contribution in [2.24, 2.45) is 22.9 Å². The van der Waals surface area contributed by atoms with E-state index in [9.17, 15) is 29.4 Å². The van der Waals surface area contributed by atoms with E-state index in [2.05, 4.69) is 0 Å². The van der Waals surface area contributed by atoms with E-state index in [4.69, 9.17) is 33.1 Å². The van der Waals surface area contributed by atoms with E-state index in [-0.39, 0.29) is 19.3 Å². The van der Waals surface area contributed by atoms with Crippen LogP contribution in [0.2, 0.25) is 0 Å². The Morgan fingerprint density at radius 2 is 0.973 bits per heavy atom. The molecule has 1 aromatic rings. The predicted molar refractivity (Wildman–Crippen MR) is 133 cm³/mol. The summed E-state index contributed by atoms with van der Waals surface area (Å²) in [4.78, 5) is 44.5. The summed E-state index contributed by atoms with van der Waals surface area (Å²) in [5.41, 5.74) is 25.2. The van der Waals surface area contributed by atoms with Crippen LogP contribution in [-0.2, 0) is 45.0 Å². The number of carboxylic acids is 4. The van der Waals surface area contributed by atoms with Gasteiger partial charge in [-0.2, -0.15) is 0 Å². The van der Waals surface area contributed by atoms with Gasteiger partial charge in [0, 0.05) is 17.5 Å². The minimum absolute atomic E-state index is 0.169. The third kappa shape index (κ3) is 11.6. The van der Waals surface area contributed by atoms with Crippen LogP contribution >= 0.6 is 0 Å². The lowest BCUT2D eigenvalue weighted by Crippen LogP contribution is -2.37. The Kier molecular flexibility index (Phi) is 13.7. The predicted octanol–water partition coefficient (Wildman–Crippen LogP) is -1.02. The lowest BCUT2D eigenvalue weighted by atomic mass is 9.91. The second kappa shape index (κ2) is 15.9. The highest BCUT2D eigenvalue weighted by atomic mass is 16.4. The fraction of sp³-hybridized carbons (Fsp3) is 0.625. The number of pyridine rings is 1. The van der Waals surface area contributed by atoms with Gasteiger partial charge in [0.25, 0.3) is 0 Å². The van der Waals surface area contributed by atoms with Crippen LogP contribution < -0.4 is 27.5 Å². The summed E-state index contributed by atoms with van der Waals surface area (Å²) in [5.74, 6) is -4.41. The Balaban J connectivity index is 3.23. The van der Waals surface area contributed by atoms with Crippen molar-refractivity contribution >= 4 is 23.9 Å². The normalized spacial score (nSPS) is 14.5. The van der Waals surface area contributed by atoms with Crippen molar-refractivity contribution in [1.29, 1.82) is 0 Å². The first-order chi connectivity index (χ1) is 17.3. The van der Waals surface area contributed by atoms with E-state index in [1.807, 2.05) is 17.0 Å². The Bertz CT molecular complexity index is 897. The molecule has 0 saturated heterocycles. The zero-order valence-electron chi connectivity index (χ0n) is 20.9. The number of rotatable bonds is 19. The maximum Gasteiger partial charge on any atom is 0.320 e. The fourth-order valence-corrected chi connectivity index (χ4v) is 3.95. The quantitative estimate of drug-likeness (QED) is 0.0795. The van der Waals surface area contributed by atoms with Gasteiger partial charge in [-0.25, -0.2) is 4.57 Å². The van der Waals surface area contributed by atoms with Gasteiger partial charge in [0.05, 0.1) is 0 Å². The van der Waals surface area contributed by atoms with Gasteiger partial charge in [-0.05, 0) is 63.4 Å². The molecule has 0 spiro atoms. The first-order valence-electron chi connectivity index (χ1n) is 12.3. The number of hydrogen-bond donors (Lipinski definition) is 8.